The first-order chi connectivity index (χ1) is 35.3. The normalized spacial score (nSPS) is 23.8. The van der Waals surface area contributed by atoms with Crippen LogP contribution in [0.25, 0.3) is 0 Å². The Bertz CT molecular complexity index is 2420. The van der Waals surface area contributed by atoms with E-state index in [4.69, 9.17) is 4.74 Å². The molecule has 20 nitrogen and oxygen atoms in total. The average molecular weight is 1030 g/mol. The first kappa shape index (κ1) is 57.5. The number of hydrogen-bond acceptors (Lipinski definition) is 12. The van der Waals surface area contributed by atoms with Crippen molar-refractivity contribution in [3.05, 3.63) is 102 Å². The number of nitrogens with zero attached hydrogens (tertiary/aromatic N) is 2. The summed E-state index contributed by atoms with van der Waals surface area (Å²) in [6.45, 7) is 6.53. The third kappa shape index (κ3) is 16.3. The number of aliphatic hydroxyl groups excluding tert-OH is 1. The van der Waals surface area contributed by atoms with Gasteiger partial charge in [-0.15, -0.1) is 0 Å². The van der Waals surface area contributed by atoms with Gasteiger partial charge in [0, 0.05) is 32.7 Å². The Labute approximate surface area is 431 Å². The lowest BCUT2D eigenvalue weighted by atomic mass is 9.95. The molecule has 20 heteroatoms. The molecule has 2 aliphatic heterocycles. The van der Waals surface area contributed by atoms with Gasteiger partial charge in [0.1, 0.15) is 60.4 Å². The van der Waals surface area contributed by atoms with E-state index in [-0.39, 0.29) is 44.3 Å². The van der Waals surface area contributed by atoms with Crippen molar-refractivity contribution in [1.82, 2.24) is 36.4 Å². The summed E-state index contributed by atoms with van der Waals surface area (Å²) in [6.07, 6.45) is -0.659. The van der Waals surface area contributed by atoms with E-state index in [2.05, 4.69) is 26.6 Å². The van der Waals surface area contributed by atoms with Crippen molar-refractivity contribution in [1.29, 1.82) is 0 Å². The van der Waals surface area contributed by atoms with Gasteiger partial charge < -0.3 is 56.4 Å². The molecular formula is C54H71N7O13. The number of aromatic hydroxyl groups is 1. The van der Waals surface area contributed by atoms with Crippen LogP contribution in [0.1, 0.15) is 102 Å². The number of aliphatic hydroxyl groups is 1. The molecule has 3 aromatic rings. The summed E-state index contributed by atoms with van der Waals surface area (Å²) in [6, 6.07) is 12.5. The van der Waals surface area contributed by atoms with Gasteiger partial charge in [0.05, 0.1) is 6.42 Å². The molecule has 2 fully saturated rings. The molecule has 2 saturated heterocycles. The number of carboxylic acid groups (broad SMARTS) is 1. The lowest BCUT2D eigenvalue weighted by molar-refractivity contribution is -0.165. The third-order valence-electron chi connectivity index (χ3n) is 13.3. The molecule has 8 N–H and O–H groups in total. The van der Waals surface area contributed by atoms with Gasteiger partial charge in [-0.05, 0) is 60.9 Å². The number of cyclic esters (lactones) is 1. The van der Waals surface area contributed by atoms with E-state index in [1.165, 1.54) is 38.2 Å². The van der Waals surface area contributed by atoms with E-state index >= 15 is 4.79 Å². The molecule has 0 radical (unpaired) electrons. The standard InChI is InChI=1S/C54H71N7O13/c1-6-7-8-9-16-21-43(63)55-40(31-45(65)66)49(68)59-47-33(4)74-54(73)46(32(2)3)58-50(69)41(29-34-17-12-10-13-18-34)60(5)53(72)42(30-35-19-14-11-15-20-35)61-44(64)27-26-38(52(61)71)56-48(67)39(57-51(47)70)28-36-22-24-37(62)25-23-36/h10-15,17-20,22-25,32-33,38-42,44,46-47,62,64H,6-9,16,21,26-31H2,1-5H3,(H,55,63)(H,56,67)(H,57,70)(H,58,69)(H,59,68)(H,65,66). The zero-order valence-corrected chi connectivity index (χ0v) is 42.7. The van der Waals surface area contributed by atoms with Gasteiger partial charge in [0.15, 0.2) is 0 Å². The van der Waals surface area contributed by atoms with Crippen LogP contribution in [-0.2, 0) is 67.2 Å². The maximum atomic E-state index is 15.1. The molecule has 74 heavy (non-hydrogen) atoms. The number of piperidine rings is 1. The minimum atomic E-state index is -1.88. The van der Waals surface area contributed by atoms with E-state index in [0.29, 0.717) is 23.1 Å². The molecule has 9 unspecified atom stereocenters. The van der Waals surface area contributed by atoms with Crippen LogP contribution >= 0.6 is 0 Å². The fourth-order valence-electron chi connectivity index (χ4n) is 9.05. The molecule has 0 aliphatic carbocycles. The highest BCUT2D eigenvalue weighted by Gasteiger charge is 2.46. The summed E-state index contributed by atoms with van der Waals surface area (Å²) in [5.74, 6) is -9.43. The number of amides is 7. The van der Waals surface area contributed by atoms with Gasteiger partial charge in [0.25, 0.3) is 0 Å². The van der Waals surface area contributed by atoms with Crippen molar-refractivity contribution in [2.45, 2.75) is 159 Å². The molecule has 2 bridgehead atoms. The van der Waals surface area contributed by atoms with Crippen LogP contribution in [0.4, 0.5) is 0 Å². The minimum Gasteiger partial charge on any atom is -0.508 e. The Morgan fingerprint density at radius 2 is 1.32 bits per heavy atom. The number of phenolic OH excluding ortho intramolecular Hbond substituents is 1. The minimum absolute atomic E-state index is 0.00847. The monoisotopic (exact) mass is 1030 g/mol. The molecule has 0 aromatic heterocycles. The molecular weight excluding hydrogens is 955 g/mol. The lowest BCUT2D eigenvalue weighted by Crippen LogP contribution is -2.65. The summed E-state index contributed by atoms with van der Waals surface area (Å²) in [5, 5.41) is 44.4. The molecule has 7 amide bonds. The van der Waals surface area contributed by atoms with E-state index < -0.39 is 120 Å². The third-order valence-corrected chi connectivity index (χ3v) is 13.3. The van der Waals surface area contributed by atoms with Crippen molar-refractivity contribution in [3.63, 3.8) is 0 Å². The number of unbranched alkanes of at least 4 members (excludes halogenated alkanes) is 4. The number of carboxylic acids is 1. The van der Waals surface area contributed by atoms with Gasteiger partial charge in [-0.2, -0.15) is 0 Å². The number of rotatable bonds is 18. The molecule has 9 atom stereocenters. The van der Waals surface area contributed by atoms with Crippen LogP contribution in [0.15, 0.2) is 84.9 Å². The molecule has 2 aliphatic rings. The zero-order valence-electron chi connectivity index (χ0n) is 42.7. The van der Waals surface area contributed by atoms with Crippen molar-refractivity contribution >= 4 is 53.3 Å². The SMILES string of the molecule is CCCCCCCC(=O)NC(CC(=O)O)C(=O)NC1C(=O)NC(Cc2ccc(O)cc2)C(=O)NC2CCC(O)N(C2=O)C(Cc2ccccc2)C(=O)N(C)C(Cc2ccccc2)C(=O)NC(C(C)C)C(=O)OC1C. The van der Waals surface area contributed by atoms with E-state index in [0.717, 1.165) is 35.5 Å². The van der Waals surface area contributed by atoms with Crippen LogP contribution in [0, 0.1) is 5.92 Å². The Morgan fingerprint density at radius 3 is 1.92 bits per heavy atom. The second-order valence-electron chi connectivity index (χ2n) is 19.4. The highest BCUT2D eigenvalue weighted by atomic mass is 16.5. The second-order valence-corrected chi connectivity index (χ2v) is 19.4. The summed E-state index contributed by atoms with van der Waals surface area (Å²) in [7, 11) is 1.38. The Kier molecular flexibility index (Phi) is 21.5. The molecule has 0 saturated carbocycles. The van der Waals surface area contributed by atoms with Gasteiger partial charge in [-0.3, -0.25) is 38.4 Å². The van der Waals surface area contributed by atoms with E-state index in [9.17, 15) is 53.7 Å². The highest BCUT2D eigenvalue weighted by Crippen LogP contribution is 2.26. The first-order valence-corrected chi connectivity index (χ1v) is 25.3. The van der Waals surface area contributed by atoms with E-state index in [1.807, 2.05) is 6.92 Å². The number of carbonyl (C=O) groups is 9. The fourth-order valence-corrected chi connectivity index (χ4v) is 9.05. The average Bonchev–Trinajstić information content (AvgIpc) is 3.36. The largest absolute Gasteiger partial charge is 0.508 e. The molecule has 3 aromatic carbocycles. The quantitative estimate of drug-likeness (QED) is 0.0672. The smallest absolute Gasteiger partial charge is 0.329 e. The second kappa shape index (κ2) is 27.6. The van der Waals surface area contributed by atoms with Crippen LogP contribution in [0.3, 0.4) is 0 Å². The number of aliphatic carboxylic acids is 1. The summed E-state index contributed by atoms with van der Waals surface area (Å²) in [5.41, 5.74) is 1.66. The lowest BCUT2D eigenvalue weighted by Gasteiger charge is -2.43. The number of carbonyl (C=O) groups excluding carboxylic acids is 8. The number of hydrogen-bond donors (Lipinski definition) is 8. The molecule has 5 rings (SSSR count). The van der Waals surface area contributed by atoms with Crippen LogP contribution in [-0.4, -0.2) is 140 Å². The Morgan fingerprint density at radius 1 is 0.730 bits per heavy atom. The molecule has 2 heterocycles. The Hall–Kier alpha value is -7.35. The fraction of sp³-hybridized carbons (Fsp3) is 0.500. The number of fused-ring (bicyclic) bond motifs is 2. The number of likely N-dealkylation sites (N-methyl/N-ethyl adjacent to an activating group) is 1. The van der Waals surface area contributed by atoms with Crippen molar-refractivity contribution in [3.8, 4) is 5.75 Å². The van der Waals surface area contributed by atoms with E-state index in [1.54, 1.807) is 74.5 Å². The topological polar surface area (TPSA) is 290 Å². The summed E-state index contributed by atoms with van der Waals surface area (Å²) >= 11 is 0. The van der Waals surface area contributed by atoms with Gasteiger partial charge >= 0.3 is 11.9 Å². The zero-order chi connectivity index (χ0) is 54.1. The number of esters is 1. The summed E-state index contributed by atoms with van der Waals surface area (Å²) in [4.78, 5) is 130. The van der Waals surface area contributed by atoms with Crippen molar-refractivity contribution in [2.24, 2.45) is 5.92 Å². The summed E-state index contributed by atoms with van der Waals surface area (Å²) < 4.78 is 5.89. The van der Waals surface area contributed by atoms with Crippen LogP contribution in [0.2, 0.25) is 0 Å². The van der Waals surface area contributed by atoms with Gasteiger partial charge in [-0.25, -0.2) is 4.79 Å². The number of phenols is 1. The van der Waals surface area contributed by atoms with Crippen LogP contribution in [0.5, 0.6) is 5.75 Å². The maximum Gasteiger partial charge on any atom is 0.329 e. The number of ether oxygens (including phenoxy) is 1. The number of nitrogens with one attached hydrogen (secondary N) is 5. The predicted molar refractivity (Wildman–Crippen MR) is 270 cm³/mol. The van der Waals surface area contributed by atoms with Gasteiger partial charge in [0.2, 0.25) is 41.4 Å². The molecule has 0 spiro atoms. The van der Waals surface area contributed by atoms with Crippen molar-refractivity contribution < 1.29 is 63.2 Å². The van der Waals surface area contributed by atoms with Crippen LogP contribution < -0.4 is 26.6 Å². The Balaban J connectivity index is 1.61. The maximum absolute atomic E-state index is 15.1. The first-order valence-electron chi connectivity index (χ1n) is 25.3. The predicted octanol–water partition coefficient (Wildman–Crippen LogP) is 2.42. The molecule has 400 valence electrons. The number of benzene rings is 3. The van der Waals surface area contributed by atoms with Crippen molar-refractivity contribution in [2.75, 3.05) is 7.05 Å². The van der Waals surface area contributed by atoms with Gasteiger partial charge in [-0.1, -0.05) is 119 Å². The highest BCUT2D eigenvalue weighted by molar-refractivity contribution is 5.99.